The fourth-order valence-electron chi connectivity index (χ4n) is 2.18. The van der Waals surface area contributed by atoms with Crippen molar-refractivity contribution in [1.82, 2.24) is 15.2 Å². The van der Waals surface area contributed by atoms with Crippen molar-refractivity contribution in [3.05, 3.63) is 60.6 Å². The number of amides is 1. The van der Waals surface area contributed by atoms with Crippen molar-refractivity contribution in [2.75, 3.05) is 24.3 Å². The van der Waals surface area contributed by atoms with Gasteiger partial charge in [0.15, 0.2) is 0 Å². The van der Waals surface area contributed by atoms with Crippen molar-refractivity contribution in [3.8, 4) is 11.3 Å². The van der Waals surface area contributed by atoms with Crippen LogP contribution >= 0.6 is 0 Å². The number of rotatable bonds is 4. The van der Waals surface area contributed by atoms with Crippen LogP contribution in [0, 0.1) is 0 Å². The Labute approximate surface area is 134 Å². The van der Waals surface area contributed by atoms with Crippen LogP contribution in [0.15, 0.2) is 55.0 Å². The van der Waals surface area contributed by atoms with Gasteiger partial charge in [-0.1, -0.05) is 12.1 Å². The number of aromatic amines is 1. The molecule has 0 fully saturated rings. The molecule has 6 nitrogen and oxygen atoms in total. The van der Waals surface area contributed by atoms with Gasteiger partial charge in [-0.2, -0.15) is 5.10 Å². The highest BCUT2D eigenvalue weighted by Crippen LogP contribution is 2.21. The molecule has 23 heavy (non-hydrogen) atoms. The fourth-order valence-corrected chi connectivity index (χ4v) is 2.18. The normalized spacial score (nSPS) is 10.3. The average Bonchev–Trinajstić information content (AvgIpc) is 3.10. The molecule has 0 saturated carbocycles. The summed E-state index contributed by atoms with van der Waals surface area (Å²) in [4.78, 5) is 18.4. The Kier molecular flexibility index (Phi) is 4.05. The summed E-state index contributed by atoms with van der Waals surface area (Å²) in [5.41, 5.74) is 3.97. The number of nitrogens with one attached hydrogen (secondary N) is 2. The van der Waals surface area contributed by atoms with Gasteiger partial charge in [-0.05, 0) is 24.3 Å². The lowest BCUT2D eigenvalue weighted by Gasteiger charge is -2.13. The van der Waals surface area contributed by atoms with Crippen LogP contribution in [0.5, 0.6) is 0 Å². The third-order valence-electron chi connectivity index (χ3n) is 3.43. The summed E-state index contributed by atoms with van der Waals surface area (Å²) in [6, 6.07) is 11.3. The molecule has 3 aromatic rings. The van der Waals surface area contributed by atoms with Gasteiger partial charge in [-0.15, -0.1) is 0 Å². The number of aromatic nitrogens is 3. The highest BCUT2D eigenvalue weighted by molar-refractivity contribution is 6.04. The van der Waals surface area contributed by atoms with Crippen molar-refractivity contribution in [1.29, 1.82) is 0 Å². The Morgan fingerprint density at radius 2 is 2.04 bits per heavy atom. The Morgan fingerprint density at radius 1 is 1.17 bits per heavy atom. The summed E-state index contributed by atoms with van der Waals surface area (Å²) in [6.07, 6.45) is 4.97. The molecule has 116 valence electrons. The number of H-pyrrole nitrogens is 1. The first-order valence-corrected chi connectivity index (χ1v) is 7.17. The molecule has 2 N–H and O–H groups in total. The minimum absolute atomic E-state index is 0.192. The van der Waals surface area contributed by atoms with Gasteiger partial charge < -0.3 is 10.2 Å². The molecule has 0 atom stereocenters. The van der Waals surface area contributed by atoms with E-state index in [1.54, 1.807) is 24.7 Å². The van der Waals surface area contributed by atoms with Crippen molar-refractivity contribution in [2.45, 2.75) is 0 Å². The van der Waals surface area contributed by atoms with Gasteiger partial charge in [0, 0.05) is 37.7 Å². The summed E-state index contributed by atoms with van der Waals surface area (Å²) in [6.45, 7) is 0. The quantitative estimate of drug-likeness (QED) is 0.777. The lowest BCUT2D eigenvalue weighted by Crippen LogP contribution is -2.14. The maximum Gasteiger partial charge on any atom is 0.257 e. The van der Waals surface area contributed by atoms with Crippen LogP contribution in [-0.2, 0) is 0 Å². The molecular formula is C17H17N5O. The number of hydrogen-bond donors (Lipinski definition) is 2. The zero-order valence-corrected chi connectivity index (χ0v) is 12.9. The summed E-state index contributed by atoms with van der Waals surface area (Å²) >= 11 is 0. The van der Waals surface area contributed by atoms with E-state index in [1.807, 2.05) is 49.3 Å². The van der Waals surface area contributed by atoms with Crippen LogP contribution in [0.4, 0.5) is 11.4 Å². The van der Waals surface area contributed by atoms with E-state index in [0.717, 1.165) is 22.6 Å². The molecule has 0 saturated heterocycles. The van der Waals surface area contributed by atoms with Gasteiger partial charge in [0.2, 0.25) is 0 Å². The van der Waals surface area contributed by atoms with Crippen molar-refractivity contribution < 1.29 is 4.79 Å². The monoisotopic (exact) mass is 307 g/mol. The maximum absolute atomic E-state index is 12.4. The number of carbonyl (C=O) groups excluding carboxylic acids is 1. The molecule has 3 rings (SSSR count). The number of benzene rings is 1. The van der Waals surface area contributed by atoms with Gasteiger partial charge in [-0.3, -0.25) is 14.9 Å². The van der Waals surface area contributed by atoms with E-state index >= 15 is 0 Å². The molecule has 0 aliphatic rings. The second kappa shape index (κ2) is 6.31. The van der Waals surface area contributed by atoms with Crippen LogP contribution in [0.25, 0.3) is 11.3 Å². The molecule has 0 bridgehead atoms. The molecule has 0 radical (unpaired) electrons. The lowest BCUT2D eigenvalue weighted by atomic mass is 10.1. The largest absolute Gasteiger partial charge is 0.376 e. The van der Waals surface area contributed by atoms with Crippen molar-refractivity contribution >= 4 is 17.3 Å². The Hall–Kier alpha value is -3.15. The molecule has 2 aromatic heterocycles. The van der Waals surface area contributed by atoms with E-state index in [-0.39, 0.29) is 5.91 Å². The SMILES string of the molecule is CN(C)c1cncc(C(=O)Nc2cccc(-c3ccn[nH]3)c2)c1. The second-order valence-electron chi connectivity index (χ2n) is 5.33. The molecule has 1 aromatic carbocycles. The number of anilines is 2. The minimum Gasteiger partial charge on any atom is -0.376 e. The Morgan fingerprint density at radius 3 is 2.78 bits per heavy atom. The van der Waals surface area contributed by atoms with Crippen LogP contribution in [0.3, 0.4) is 0 Å². The van der Waals surface area contributed by atoms with Gasteiger partial charge in [-0.25, -0.2) is 0 Å². The molecular weight excluding hydrogens is 290 g/mol. The average molecular weight is 307 g/mol. The molecule has 0 aliphatic heterocycles. The van der Waals surface area contributed by atoms with Crippen LogP contribution < -0.4 is 10.2 Å². The van der Waals surface area contributed by atoms with Crippen molar-refractivity contribution in [2.24, 2.45) is 0 Å². The third-order valence-corrected chi connectivity index (χ3v) is 3.43. The molecule has 0 unspecified atom stereocenters. The number of hydrogen-bond acceptors (Lipinski definition) is 4. The van der Waals surface area contributed by atoms with Crippen molar-refractivity contribution in [3.63, 3.8) is 0 Å². The first kappa shape index (κ1) is 14.8. The molecule has 0 spiro atoms. The Bertz CT molecular complexity index is 811. The van der Waals surface area contributed by atoms with Gasteiger partial charge >= 0.3 is 0 Å². The van der Waals surface area contributed by atoms with E-state index in [1.165, 1.54) is 0 Å². The van der Waals surface area contributed by atoms with E-state index in [2.05, 4.69) is 20.5 Å². The molecule has 0 aliphatic carbocycles. The first-order valence-electron chi connectivity index (χ1n) is 7.17. The lowest BCUT2D eigenvalue weighted by molar-refractivity contribution is 0.102. The second-order valence-corrected chi connectivity index (χ2v) is 5.33. The Balaban J connectivity index is 1.80. The van der Waals surface area contributed by atoms with Gasteiger partial charge in [0.05, 0.1) is 23.1 Å². The fraction of sp³-hybridized carbons (Fsp3) is 0.118. The van der Waals surface area contributed by atoms with Gasteiger partial charge in [0.25, 0.3) is 5.91 Å². The predicted molar refractivity (Wildman–Crippen MR) is 90.5 cm³/mol. The predicted octanol–water partition coefficient (Wildman–Crippen LogP) is 2.79. The summed E-state index contributed by atoms with van der Waals surface area (Å²) < 4.78 is 0. The highest BCUT2D eigenvalue weighted by Gasteiger charge is 2.09. The van der Waals surface area contributed by atoms with Gasteiger partial charge in [0.1, 0.15) is 0 Å². The summed E-state index contributed by atoms with van der Waals surface area (Å²) in [5, 5.41) is 9.74. The first-order chi connectivity index (χ1) is 11.1. The van der Waals surface area contributed by atoms with Crippen LogP contribution in [-0.4, -0.2) is 35.2 Å². The van der Waals surface area contributed by atoms with E-state index in [0.29, 0.717) is 5.56 Å². The van der Waals surface area contributed by atoms with Crippen LogP contribution in [0.2, 0.25) is 0 Å². The molecule has 6 heteroatoms. The zero-order valence-electron chi connectivity index (χ0n) is 12.9. The number of nitrogens with zero attached hydrogens (tertiary/aromatic N) is 3. The molecule has 1 amide bonds. The number of pyridine rings is 1. The smallest absolute Gasteiger partial charge is 0.257 e. The highest BCUT2D eigenvalue weighted by atomic mass is 16.1. The minimum atomic E-state index is -0.192. The standard InChI is InChI=1S/C17H17N5O/c1-22(2)15-9-13(10-18-11-15)17(23)20-14-5-3-4-12(8-14)16-6-7-19-21-16/h3-11H,1-2H3,(H,19,21)(H,20,23). The van der Waals surface area contributed by atoms with E-state index < -0.39 is 0 Å². The summed E-state index contributed by atoms with van der Waals surface area (Å²) in [7, 11) is 3.82. The molecule has 2 heterocycles. The van der Waals surface area contributed by atoms with E-state index in [4.69, 9.17) is 0 Å². The topological polar surface area (TPSA) is 73.9 Å². The summed E-state index contributed by atoms with van der Waals surface area (Å²) in [5.74, 6) is -0.192. The van der Waals surface area contributed by atoms with Crippen LogP contribution in [0.1, 0.15) is 10.4 Å². The number of carbonyl (C=O) groups is 1. The third kappa shape index (κ3) is 3.37. The van der Waals surface area contributed by atoms with E-state index in [9.17, 15) is 4.79 Å². The maximum atomic E-state index is 12.4. The zero-order chi connectivity index (χ0) is 16.2.